The summed E-state index contributed by atoms with van der Waals surface area (Å²) in [7, 11) is 1.63. The maximum absolute atomic E-state index is 5.99. The fourth-order valence-electron chi connectivity index (χ4n) is 1.64. The Hall–Kier alpha value is -1.30. The minimum Gasteiger partial charge on any atom is -0.377 e. The van der Waals surface area contributed by atoms with E-state index in [9.17, 15) is 0 Å². The third-order valence-electron chi connectivity index (χ3n) is 2.40. The van der Waals surface area contributed by atoms with Crippen LogP contribution in [0.3, 0.4) is 0 Å². The van der Waals surface area contributed by atoms with Gasteiger partial charge in [0.25, 0.3) is 0 Å². The fourth-order valence-corrected chi connectivity index (χ4v) is 2.79. The Morgan fingerprint density at radius 3 is 2.85 bits per heavy atom. The molecule has 2 aromatic rings. The Morgan fingerprint density at radius 2 is 2.15 bits per heavy atom. The Bertz CT molecular complexity index is 556. The molecule has 0 fully saturated rings. The molecule has 0 amide bonds. The molecule has 1 aromatic carbocycles. The highest BCUT2D eigenvalue weighted by Gasteiger charge is 2.06. The number of nitrogens with one attached hydrogen (secondary N) is 1. The third kappa shape index (κ3) is 4.37. The second-order valence-electron chi connectivity index (χ2n) is 4.03. The van der Waals surface area contributed by atoms with Crippen LogP contribution >= 0.6 is 23.4 Å². The number of halogens is 1. The van der Waals surface area contributed by atoms with E-state index in [1.165, 1.54) is 0 Å². The van der Waals surface area contributed by atoms with Gasteiger partial charge in [0.2, 0.25) is 0 Å². The van der Waals surface area contributed by atoms with Gasteiger partial charge in [-0.25, -0.2) is 9.97 Å². The zero-order valence-electron chi connectivity index (χ0n) is 11.4. The van der Waals surface area contributed by atoms with E-state index < -0.39 is 0 Å². The SMILES string of the molecule is CCNc1cc(Sc2cccc(Cl)c2)nc(COC)n1. The van der Waals surface area contributed by atoms with Gasteiger partial charge >= 0.3 is 0 Å². The molecule has 6 heteroatoms. The molecule has 0 aliphatic rings. The van der Waals surface area contributed by atoms with E-state index in [0.717, 1.165) is 22.3 Å². The molecule has 20 heavy (non-hydrogen) atoms. The molecule has 0 saturated heterocycles. The van der Waals surface area contributed by atoms with Gasteiger partial charge in [0.05, 0.1) is 0 Å². The van der Waals surface area contributed by atoms with Crippen molar-refractivity contribution in [2.45, 2.75) is 23.5 Å². The maximum Gasteiger partial charge on any atom is 0.157 e. The van der Waals surface area contributed by atoms with Gasteiger partial charge in [-0.3, -0.25) is 0 Å². The lowest BCUT2D eigenvalue weighted by Gasteiger charge is -2.08. The first kappa shape index (κ1) is 15.1. The molecule has 106 valence electrons. The van der Waals surface area contributed by atoms with E-state index in [1.807, 2.05) is 37.3 Å². The average molecular weight is 310 g/mol. The van der Waals surface area contributed by atoms with Crippen LogP contribution in [0.1, 0.15) is 12.7 Å². The van der Waals surface area contributed by atoms with Crippen LogP contribution in [0.2, 0.25) is 5.02 Å². The molecule has 0 atom stereocenters. The Morgan fingerprint density at radius 1 is 1.30 bits per heavy atom. The molecular weight excluding hydrogens is 294 g/mol. The summed E-state index contributed by atoms with van der Waals surface area (Å²) in [5, 5.41) is 4.78. The topological polar surface area (TPSA) is 47.0 Å². The van der Waals surface area contributed by atoms with E-state index in [2.05, 4.69) is 15.3 Å². The lowest BCUT2D eigenvalue weighted by atomic mass is 10.4. The van der Waals surface area contributed by atoms with Gasteiger partial charge in [0.1, 0.15) is 17.5 Å². The predicted octanol–water partition coefficient (Wildman–Crippen LogP) is 3.86. The molecule has 1 N–H and O–H groups in total. The van der Waals surface area contributed by atoms with Crippen molar-refractivity contribution in [1.82, 2.24) is 9.97 Å². The Kier molecular flexibility index (Phi) is 5.64. The normalized spacial score (nSPS) is 10.6. The molecule has 0 radical (unpaired) electrons. The highest BCUT2D eigenvalue weighted by Crippen LogP contribution is 2.29. The first-order valence-corrected chi connectivity index (χ1v) is 7.45. The van der Waals surface area contributed by atoms with Crippen molar-refractivity contribution in [3.63, 3.8) is 0 Å². The number of nitrogens with zero attached hydrogens (tertiary/aromatic N) is 2. The van der Waals surface area contributed by atoms with Crippen molar-refractivity contribution < 1.29 is 4.74 Å². The lowest BCUT2D eigenvalue weighted by Crippen LogP contribution is -2.05. The summed E-state index contributed by atoms with van der Waals surface area (Å²) < 4.78 is 5.10. The van der Waals surface area contributed by atoms with Gasteiger partial charge < -0.3 is 10.1 Å². The zero-order valence-corrected chi connectivity index (χ0v) is 13.0. The number of benzene rings is 1. The van der Waals surface area contributed by atoms with Crippen LogP contribution in [0.15, 0.2) is 40.3 Å². The number of hydrogen-bond donors (Lipinski definition) is 1. The molecule has 0 saturated carbocycles. The van der Waals surface area contributed by atoms with Crippen molar-refractivity contribution in [2.75, 3.05) is 19.0 Å². The summed E-state index contributed by atoms with van der Waals surface area (Å²) >= 11 is 7.55. The van der Waals surface area contributed by atoms with E-state index in [1.54, 1.807) is 18.9 Å². The minimum atomic E-state index is 0.391. The molecule has 0 spiro atoms. The molecular formula is C14H16ClN3OS. The second-order valence-corrected chi connectivity index (χ2v) is 5.56. The van der Waals surface area contributed by atoms with Gasteiger partial charge in [-0.05, 0) is 25.1 Å². The first-order valence-electron chi connectivity index (χ1n) is 6.25. The third-order valence-corrected chi connectivity index (χ3v) is 3.54. The van der Waals surface area contributed by atoms with Crippen LogP contribution in [-0.4, -0.2) is 23.6 Å². The van der Waals surface area contributed by atoms with Gasteiger partial charge in [-0.1, -0.05) is 29.4 Å². The largest absolute Gasteiger partial charge is 0.377 e. The summed E-state index contributed by atoms with van der Waals surface area (Å²) in [5.74, 6) is 1.47. The van der Waals surface area contributed by atoms with E-state index in [-0.39, 0.29) is 0 Å². The van der Waals surface area contributed by atoms with Crippen LogP contribution in [0.25, 0.3) is 0 Å². The summed E-state index contributed by atoms with van der Waals surface area (Å²) in [6.07, 6.45) is 0. The van der Waals surface area contributed by atoms with Gasteiger partial charge in [-0.15, -0.1) is 0 Å². The van der Waals surface area contributed by atoms with Crippen molar-refractivity contribution in [3.05, 3.63) is 41.2 Å². The van der Waals surface area contributed by atoms with E-state index >= 15 is 0 Å². The fraction of sp³-hybridized carbons (Fsp3) is 0.286. The number of methoxy groups -OCH3 is 1. The number of aromatic nitrogens is 2. The Labute approximate surface area is 127 Å². The highest BCUT2D eigenvalue weighted by atomic mass is 35.5. The molecule has 0 aliphatic heterocycles. The quantitative estimate of drug-likeness (QED) is 0.821. The molecule has 0 unspecified atom stereocenters. The number of rotatable bonds is 6. The summed E-state index contributed by atoms with van der Waals surface area (Å²) in [6.45, 7) is 3.23. The van der Waals surface area contributed by atoms with Crippen LogP contribution in [0.5, 0.6) is 0 Å². The van der Waals surface area contributed by atoms with Crippen molar-refractivity contribution >= 4 is 29.2 Å². The summed E-state index contributed by atoms with van der Waals surface area (Å²) in [5.41, 5.74) is 0. The van der Waals surface area contributed by atoms with Gasteiger partial charge in [-0.2, -0.15) is 0 Å². The van der Waals surface area contributed by atoms with Crippen LogP contribution in [-0.2, 0) is 11.3 Å². The summed E-state index contributed by atoms with van der Waals surface area (Å²) in [4.78, 5) is 9.90. The van der Waals surface area contributed by atoms with Crippen molar-refractivity contribution in [3.8, 4) is 0 Å². The monoisotopic (exact) mass is 309 g/mol. The minimum absolute atomic E-state index is 0.391. The molecule has 1 heterocycles. The number of hydrogen-bond acceptors (Lipinski definition) is 5. The maximum atomic E-state index is 5.99. The molecule has 0 aliphatic carbocycles. The summed E-state index contributed by atoms with van der Waals surface area (Å²) in [6, 6.07) is 9.62. The predicted molar refractivity (Wildman–Crippen MR) is 82.5 cm³/mol. The standard InChI is InChI=1S/C14H16ClN3OS/c1-3-16-12-8-14(18-13(17-12)9-19-2)20-11-6-4-5-10(15)7-11/h4-8H,3,9H2,1-2H3,(H,16,17,18). The van der Waals surface area contributed by atoms with Gasteiger partial charge in [0.15, 0.2) is 5.82 Å². The molecule has 4 nitrogen and oxygen atoms in total. The number of ether oxygens (including phenoxy) is 1. The van der Waals surface area contributed by atoms with E-state index in [4.69, 9.17) is 16.3 Å². The smallest absolute Gasteiger partial charge is 0.157 e. The van der Waals surface area contributed by atoms with Crippen molar-refractivity contribution in [1.29, 1.82) is 0 Å². The lowest BCUT2D eigenvalue weighted by molar-refractivity contribution is 0.177. The van der Waals surface area contributed by atoms with E-state index in [0.29, 0.717) is 17.5 Å². The average Bonchev–Trinajstić information content (AvgIpc) is 2.39. The molecule has 0 bridgehead atoms. The zero-order chi connectivity index (χ0) is 14.4. The van der Waals surface area contributed by atoms with Crippen LogP contribution < -0.4 is 5.32 Å². The first-order chi connectivity index (χ1) is 9.71. The molecule has 1 aromatic heterocycles. The number of anilines is 1. The second kappa shape index (κ2) is 7.47. The highest BCUT2D eigenvalue weighted by molar-refractivity contribution is 7.99. The molecule has 2 rings (SSSR count). The van der Waals surface area contributed by atoms with Gasteiger partial charge in [0, 0.05) is 29.6 Å². The Balaban J connectivity index is 2.25. The van der Waals surface area contributed by atoms with Crippen LogP contribution in [0, 0.1) is 0 Å². The van der Waals surface area contributed by atoms with Crippen molar-refractivity contribution in [2.24, 2.45) is 0 Å². The van der Waals surface area contributed by atoms with Crippen LogP contribution in [0.4, 0.5) is 5.82 Å².